The molecule has 0 aromatic carbocycles. The Morgan fingerprint density at radius 3 is 2.71 bits per heavy atom. The van der Waals surface area contributed by atoms with E-state index < -0.39 is 24.1 Å². The lowest BCUT2D eigenvalue weighted by Gasteiger charge is -2.13. The minimum atomic E-state index is -2.01. The lowest BCUT2D eigenvalue weighted by atomic mass is 10.1. The molecule has 8 heteroatoms. The minimum absolute atomic E-state index is 0.0293. The molecule has 0 aliphatic carbocycles. The van der Waals surface area contributed by atoms with Crippen molar-refractivity contribution in [3.05, 3.63) is 16.1 Å². The lowest BCUT2D eigenvalue weighted by Crippen LogP contribution is -2.28. The molecule has 1 aromatic heterocycles. The van der Waals surface area contributed by atoms with E-state index >= 15 is 0 Å². The van der Waals surface area contributed by atoms with E-state index in [1.54, 1.807) is 6.92 Å². The van der Waals surface area contributed by atoms with Crippen LogP contribution in [0.3, 0.4) is 0 Å². The Balaban J connectivity index is 2.95. The SMILES string of the molecule is CCOC(=O)c1ncsc1C(O)C(O)C(=O)O. The summed E-state index contributed by atoms with van der Waals surface area (Å²) in [4.78, 5) is 25.6. The number of thiazole rings is 1. The second-order valence-electron chi connectivity index (χ2n) is 3.01. The number of ether oxygens (including phenoxy) is 1. The molecular weight excluding hydrogens is 250 g/mol. The third-order valence-electron chi connectivity index (χ3n) is 1.88. The average molecular weight is 261 g/mol. The van der Waals surface area contributed by atoms with Gasteiger partial charge in [0, 0.05) is 0 Å². The van der Waals surface area contributed by atoms with Crippen molar-refractivity contribution in [2.75, 3.05) is 6.61 Å². The van der Waals surface area contributed by atoms with Gasteiger partial charge in [0.2, 0.25) is 0 Å². The molecule has 0 radical (unpaired) electrons. The first-order valence-corrected chi connectivity index (χ1v) is 5.56. The van der Waals surface area contributed by atoms with Crippen molar-refractivity contribution >= 4 is 23.3 Å². The van der Waals surface area contributed by atoms with Crippen molar-refractivity contribution in [3.8, 4) is 0 Å². The van der Waals surface area contributed by atoms with Crippen LogP contribution >= 0.6 is 11.3 Å². The summed E-state index contributed by atoms with van der Waals surface area (Å²) < 4.78 is 4.68. The number of carboxylic acids is 1. The second kappa shape index (κ2) is 5.71. The lowest BCUT2D eigenvalue weighted by molar-refractivity contribution is -0.152. The van der Waals surface area contributed by atoms with Gasteiger partial charge in [0.15, 0.2) is 11.8 Å². The van der Waals surface area contributed by atoms with Gasteiger partial charge in [0.05, 0.1) is 17.0 Å². The second-order valence-corrected chi connectivity index (χ2v) is 3.90. The monoisotopic (exact) mass is 261 g/mol. The molecule has 0 fully saturated rings. The van der Waals surface area contributed by atoms with Gasteiger partial charge in [0.1, 0.15) is 6.10 Å². The van der Waals surface area contributed by atoms with Gasteiger partial charge in [-0.1, -0.05) is 0 Å². The molecule has 0 saturated heterocycles. The molecule has 0 aliphatic rings. The first-order valence-electron chi connectivity index (χ1n) is 4.68. The van der Waals surface area contributed by atoms with Crippen molar-refractivity contribution < 1.29 is 29.6 Å². The number of aliphatic carboxylic acids is 1. The Bertz CT molecular complexity index is 417. The number of hydrogen-bond donors (Lipinski definition) is 3. The third-order valence-corrected chi connectivity index (χ3v) is 2.78. The molecule has 1 heterocycles. The Hall–Kier alpha value is -1.51. The Labute approximate surface area is 100 Å². The zero-order valence-electron chi connectivity index (χ0n) is 8.86. The van der Waals surface area contributed by atoms with Crippen molar-refractivity contribution in [2.45, 2.75) is 19.1 Å². The number of aromatic nitrogens is 1. The Kier molecular flexibility index (Phi) is 4.55. The maximum Gasteiger partial charge on any atom is 0.358 e. The summed E-state index contributed by atoms with van der Waals surface area (Å²) in [6.07, 6.45) is -3.72. The number of hydrogen-bond acceptors (Lipinski definition) is 7. The Morgan fingerprint density at radius 2 is 2.18 bits per heavy atom. The van der Waals surface area contributed by atoms with E-state index in [9.17, 15) is 19.8 Å². The van der Waals surface area contributed by atoms with Crippen LogP contribution in [-0.2, 0) is 9.53 Å². The van der Waals surface area contributed by atoms with Gasteiger partial charge < -0.3 is 20.1 Å². The van der Waals surface area contributed by atoms with Crippen molar-refractivity contribution in [1.82, 2.24) is 4.98 Å². The number of aliphatic hydroxyl groups excluding tert-OH is 2. The molecule has 2 atom stereocenters. The highest BCUT2D eigenvalue weighted by Crippen LogP contribution is 2.25. The number of carbonyl (C=O) groups excluding carboxylic acids is 1. The summed E-state index contributed by atoms with van der Waals surface area (Å²) in [6, 6.07) is 0. The highest BCUT2D eigenvalue weighted by atomic mass is 32.1. The van der Waals surface area contributed by atoms with Crippen molar-refractivity contribution in [1.29, 1.82) is 0 Å². The zero-order valence-corrected chi connectivity index (χ0v) is 9.68. The van der Waals surface area contributed by atoms with Gasteiger partial charge in [-0.05, 0) is 6.92 Å². The Morgan fingerprint density at radius 1 is 1.53 bits per heavy atom. The molecule has 7 nitrogen and oxygen atoms in total. The fourth-order valence-electron chi connectivity index (χ4n) is 1.10. The van der Waals surface area contributed by atoms with Gasteiger partial charge in [-0.25, -0.2) is 14.6 Å². The van der Waals surface area contributed by atoms with Crippen LogP contribution in [0.4, 0.5) is 0 Å². The molecule has 0 saturated carbocycles. The van der Waals surface area contributed by atoms with E-state index in [1.807, 2.05) is 0 Å². The summed E-state index contributed by atoms with van der Waals surface area (Å²) in [7, 11) is 0. The van der Waals surface area contributed by atoms with Gasteiger partial charge in [-0.3, -0.25) is 0 Å². The van der Waals surface area contributed by atoms with E-state index in [0.29, 0.717) is 0 Å². The van der Waals surface area contributed by atoms with Crippen LogP contribution in [0.15, 0.2) is 5.51 Å². The topological polar surface area (TPSA) is 117 Å². The first-order chi connectivity index (χ1) is 7.99. The molecule has 0 amide bonds. The van der Waals surface area contributed by atoms with Crippen LogP contribution < -0.4 is 0 Å². The maximum absolute atomic E-state index is 11.4. The summed E-state index contributed by atoms with van der Waals surface area (Å²) in [5.41, 5.74) is 1.09. The number of carboxylic acid groups (broad SMARTS) is 1. The van der Waals surface area contributed by atoms with Gasteiger partial charge >= 0.3 is 11.9 Å². The smallest absolute Gasteiger partial charge is 0.358 e. The molecule has 94 valence electrons. The largest absolute Gasteiger partial charge is 0.479 e. The maximum atomic E-state index is 11.4. The zero-order chi connectivity index (χ0) is 13.0. The van der Waals surface area contributed by atoms with Gasteiger partial charge in [-0.15, -0.1) is 11.3 Å². The third kappa shape index (κ3) is 2.99. The normalized spacial score (nSPS) is 14.1. The molecular formula is C9H11NO6S. The van der Waals surface area contributed by atoms with Crippen LogP contribution in [-0.4, -0.2) is 45.0 Å². The summed E-state index contributed by atoms with van der Waals surface area (Å²) >= 11 is 0.872. The standard InChI is InChI=1S/C9H11NO6S/c1-2-16-9(15)4-7(17-3-10-4)5(11)6(12)8(13)14/h3,5-6,11-12H,2H2,1H3,(H,13,14). The summed E-state index contributed by atoms with van der Waals surface area (Å²) in [5, 5.41) is 27.3. The van der Waals surface area contributed by atoms with Crippen molar-refractivity contribution in [3.63, 3.8) is 0 Å². The molecule has 0 bridgehead atoms. The van der Waals surface area contributed by atoms with Crippen LogP contribution in [0, 0.1) is 0 Å². The van der Waals surface area contributed by atoms with E-state index in [0.717, 1.165) is 11.3 Å². The quantitative estimate of drug-likeness (QED) is 0.628. The predicted octanol–water partition coefficient (Wildman–Crippen LogP) is -0.201. The molecule has 2 unspecified atom stereocenters. The van der Waals surface area contributed by atoms with Crippen LogP contribution in [0.1, 0.15) is 28.4 Å². The van der Waals surface area contributed by atoms with Crippen LogP contribution in [0.5, 0.6) is 0 Å². The molecule has 0 spiro atoms. The average Bonchev–Trinajstić information content (AvgIpc) is 2.76. The summed E-state index contributed by atoms with van der Waals surface area (Å²) in [5.74, 6) is -2.35. The van der Waals surface area contributed by atoms with E-state index in [-0.39, 0.29) is 17.2 Å². The first kappa shape index (κ1) is 13.6. The fourth-order valence-corrected chi connectivity index (χ4v) is 1.88. The van der Waals surface area contributed by atoms with E-state index in [1.165, 1.54) is 5.51 Å². The van der Waals surface area contributed by atoms with Crippen LogP contribution in [0.25, 0.3) is 0 Å². The molecule has 17 heavy (non-hydrogen) atoms. The predicted molar refractivity (Wildman–Crippen MR) is 56.7 cm³/mol. The highest BCUT2D eigenvalue weighted by Gasteiger charge is 2.31. The number of carbonyl (C=O) groups is 2. The molecule has 1 aromatic rings. The number of rotatable bonds is 5. The number of esters is 1. The molecule has 3 N–H and O–H groups in total. The number of aliphatic hydroxyl groups is 2. The fraction of sp³-hybridized carbons (Fsp3) is 0.444. The number of nitrogens with zero attached hydrogens (tertiary/aromatic N) is 1. The van der Waals surface area contributed by atoms with Crippen LogP contribution in [0.2, 0.25) is 0 Å². The molecule has 1 rings (SSSR count). The van der Waals surface area contributed by atoms with Gasteiger partial charge in [0.25, 0.3) is 0 Å². The van der Waals surface area contributed by atoms with Gasteiger partial charge in [-0.2, -0.15) is 0 Å². The minimum Gasteiger partial charge on any atom is -0.479 e. The summed E-state index contributed by atoms with van der Waals surface area (Å²) in [6.45, 7) is 1.74. The van der Waals surface area contributed by atoms with Crippen molar-refractivity contribution in [2.24, 2.45) is 0 Å². The van der Waals surface area contributed by atoms with E-state index in [4.69, 9.17) is 5.11 Å². The van der Waals surface area contributed by atoms with E-state index in [2.05, 4.69) is 9.72 Å². The molecule has 0 aliphatic heterocycles. The highest BCUT2D eigenvalue weighted by molar-refractivity contribution is 7.10.